The van der Waals surface area contributed by atoms with E-state index >= 15 is 0 Å². The fourth-order valence-corrected chi connectivity index (χ4v) is 3.48. The number of hydrogen-bond donors (Lipinski definition) is 0. The third kappa shape index (κ3) is 5.12. The van der Waals surface area contributed by atoms with E-state index in [0.29, 0.717) is 38.9 Å². The summed E-state index contributed by atoms with van der Waals surface area (Å²) < 4.78 is 22.3. The van der Waals surface area contributed by atoms with Gasteiger partial charge in [-0.15, -0.1) is 0 Å². The zero-order valence-corrected chi connectivity index (χ0v) is 15.3. The van der Waals surface area contributed by atoms with E-state index in [-0.39, 0.29) is 24.2 Å². The zero-order chi connectivity index (χ0) is 18.2. The van der Waals surface area contributed by atoms with Crippen LogP contribution in [0.1, 0.15) is 25.7 Å². The first kappa shape index (κ1) is 19.0. The van der Waals surface area contributed by atoms with Gasteiger partial charge in [0.1, 0.15) is 12.7 Å². The highest BCUT2D eigenvalue weighted by atomic mass is 16.5. The minimum atomic E-state index is -0.217. The topological polar surface area (TPSA) is 83.0 Å². The van der Waals surface area contributed by atoms with Gasteiger partial charge in [-0.25, -0.2) is 9.97 Å². The molecule has 1 unspecified atom stereocenters. The lowest BCUT2D eigenvalue weighted by atomic mass is 9.83. The molecule has 1 spiro atoms. The van der Waals surface area contributed by atoms with E-state index in [4.69, 9.17) is 18.9 Å². The number of rotatable bonds is 7. The van der Waals surface area contributed by atoms with Crippen LogP contribution in [0.15, 0.2) is 18.5 Å². The molecule has 0 bridgehead atoms. The molecule has 2 saturated heterocycles. The van der Waals surface area contributed by atoms with Crippen LogP contribution in [-0.2, 0) is 19.0 Å². The van der Waals surface area contributed by atoms with Gasteiger partial charge in [0.25, 0.3) is 0 Å². The van der Waals surface area contributed by atoms with Gasteiger partial charge in [-0.1, -0.05) is 0 Å². The second-order valence-corrected chi connectivity index (χ2v) is 6.72. The summed E-state index contributed by atoms with van der Waals surface area (Å²) in [7, 11) is 1.61. The van der Waals surface area contributed by atoms with Crippen molar-refractivity contribution in [1.29, 1.82) is 0 Å². The molecule has 1 amide bonds. The number of piperidine rings is 1. The van der Waals surface area contributed by atoms with Gasteiger partial charge in [-0.2, -0.15) is 0 Å². The minimum absolute atomic E-state index is 0.0252. The fourth-order valence-electron chi connectivity index (χ4n) is 3.48. The molecule has 1 aromatic heterocycles. The molecular formula is C18H27N3O5. The van der Waals surface area contributed by atoms with Crippen LogP contribution in [-0.4, -0.2) is 79.1 Å². The highest BCUT2D eigenvalue weighted by Crippen LogP contribution is 2.36. The Morgan fingerprint density at radius 3 is 2.81 bits per heavy atom. The van der Waals surface area contributed by atoms with Gasteiger partial charge in [0, 0.05) is 45.4 Å². The van der Waals surface area contributed by atoms with E-state index in [1.165, 1.54) is 0 Å². The number of hydrogen-bond acceptors (Lipinski definition) is 7. The molecule has 0 saturated carbocycles. The van der Waals surface area contributed by atoms with E-state index in [1.54, 1.807) is 25.6 Å². The Bertz CT molecular complexity index is 563. The van der Waals surface area contributed by atoms with Crippen LogP contribution in [0.4, 0.5) is 0 Å². The van der Waals surface area contributed by atoms with Crippen LogP contribution >= 0.6 is 0 Å². The first-order chi connectivity index (χ1) is 12.7. The first-order valence-corrected chi connectivity index (χ1v) is 9.13. The molecule has 8 nitrogen and oxygen atoms in total. The van der Waals surface area contributed by atoms with Crippen molar-refractivity contribution in [2.45, 2.75) is 37.4 Å². The molecule has 26 heavy (non-hydrogen) atoms. The molecule has 2 fully saturated rings. The molecule has 0 aliphatic carbocycles. The van der Waals surface area contributed by atoms with Gasteiger partial charge in [-0.3, -0.25) is 4.79 Å². The summed E-state index contributed by atoms with van der Waals surface area (Å²) in [6.07, 6.45) is 6.66. The van der Waals surface area contributed by atoms with Crippen molar-refractivity contribution in [1.82, 2.24) is 14.9 Å². The molecule has 0 N–H and O–H groups in total. The van der Waals surface area contributed by atoms with E-state index in [2.05, 4.69) is 9.97 Å². The molecule has 2 aliphatic heterocycles. The lowest BCUT2D eigenvalue weighted by Gasteiger charge is -2.45. The van der Waals surface area contributed by atoms with Crippen LogP contribution in [0, 0.1) is 0 Å². The molecule has 3 rings (SSSR count). The average molecular weight is 365 g/mol. The Balaban J connectivity index is 1.46. The zero-order valence-electron chi connectivity index (χ0n) is 15.3. The predicted molar refractivity (Wildman–Crippen MR) is 92.9 cm³/mol. The number of likely N-dealkylation sites (tertiary alicyclic amines) is 1. The summed E-state index contributed by atoms with van der Waals surface area (Å²) in [5.74, 6) is 0.0252. The number of amides is 1. The smallest absolute Gasteiger partial charge is 0.316 e. The Morgan fingerprint density at radius 1 is 1.31 bits per heavy atom. The highest BCUT2D eigenvalue weighted by molar-refractivity contribution is 5.77. The van der Waals surface area contributed by atoms with Crippen LogP contribution in [0.2, 0.25) is 0 Å². The van der Waals surface area contributed by atoms with Crippen molar-refractivity contribution in [2.24, 2.45) is 0 Å². The Kier molecular flexibility index (Phi) is 6.76. The third-order valence-electron chi connectivity index (χ3n) is 4.95. The number of carbonyl (C=O) groups is 1. The van der Waals surface area contributed by atoms with Gasteiger partial charge in [0.2, 0.25) is 5.91 Å². The highest BCUT2D eigenvalue weighted by Gasteiger charge is 2.42. The molecule has 144 valence electrons. The molecule has 0 radical (unpaired) electrons. The van der Waals surface area contributed by atoms with E-state index in [1.807, 2.05) is 4.90 Å². The lowest BCUT2D eigenvalue weighted by Crippen LogP contribution is -2.53. The van der Waals surface area contributed by atoms with E-state index < -0.39 is 0 Å². The average Bonchev–Trinajstić information content (AvgIpc) is 2.67. The summed E-state index contributed by atoms with van der Waals surface area (Å²) >= 11 is 0. The second kappa shape index (κ2) is 9.25. The number of nitrogens with zero attached hydrogens (tertiary/aromatic N) is 3. The molecule has 1 atom stereocenters. The number of ether oxygens (including phenoxy) is 4. The number of carbonyl (C=O) groups excluding carboxylic acids is 1. The van der Waals surface area contributed by atoms with Crippen LogP contribution in [0.25, 0.3) is 0 Å². The van der Waals surface area contributed by atoms with Crippen molar-refractivity contribution in [2.75, 3.05) is 46.6 Å². The SMILES string of the molecule is COCCOCC(=O)N1CCC2(CC1)CC(Oc1ncccn1)CCO2. The Morgan fingerprint density at radius 2 is 2.08 bits per heavy atom. The molecule has 0 aromatic carbocycles. The van der Waals surface area contributed by atoms with Crippen LogP contribution in [0.5, 0.6) is 6.01 Å². The summed E-state index contributed by atoms with van der Waals surface area (Å²) in [5.41, 5.74) is -0.217. The Hall–Kier alpha value is -1.77. The number of aromatic nitrogens is 2. The van der Waals surface area contributed by atoms with E-state index in [9.17, 15) is 4.79 Å². The monoisotopic (exact) mass is 365 g/mol. The van der Waals surface area contributed by atoms with Gasteiger partial charge in [0.05, 0.1) is 25.4 Å². The summed E-state index contributed by atoms with van der Waals surface area (Å²) in [5, 5.41) is 0. The molecule has 8 heteroatoms. The first-order valence-electron chi connectivity index (χ1n) is 9.13. The third-order valence-corrected chi connectivity index (χ3v) is 4.95. The van der Waals surface area contributed by atoms with Gasteiger partial charge in [0.15, 0.2) is 0 Å². The predicted octanol–water partition coefficient (Wildman–Crippen LogP) is 1.06. The van der Waals surface area contributed by atoms with Crippen molar-refractivity contribution < 1.29 is 23.7 Å². The fraction of sp³-hybridized carbons (Fsp3) is 0.722. The van der Waals surface area contributed by atoms with Crippen molar-refractivity contribution in [3.8, 4) is 6.01 Å². The second-order valence-electron chi connectivity index (χ2n) is 6.72. The summed E-state index contributed by atoms with van der Waals surface area (Å²) in [6.45, 7) is 3.06. The van der Waals surface area contributed by atoms with Gasteiger partial charge >= 0.3 is 6.01 Å². The molecule has 1 aromatic rings. The van der Waals surface area contributed by atoms with Crippen LogP contribution < -0.4 is 4.74 Å². The largest absolute Gasteiger partial charge is 0.460 e. The minimum Gasteiger partial charge on any atom is -0.460 e. The van der Waals surface area contributed by atoms with Gasteiger partial charge in [-0.05, 0) is 18.9 Å². The van der Waals surface area contributed by atoms with Crippen molar-refractivity contribution in [3.63, 3.8) is 0 Å². The van der Waals surface area contributed by atoms with Crippen molar-refractivity contribution in [3.05, 3.63) is 18.5 Å². The summed E-state index contributed by atoms with van der Waals surface area (Å²) in [4.78, 5) is 22.3. The quantitative estimate of drug-likeness (QED) is 0.668. The molecule has 2 aliphatic rings. The maximum Gasteiger partial charge on any atom is 0.316 e. The number of methoxy groups -OCH3 is 1. The van der Waals surface area contributed by atoms with Crippen LogP contribution in [0.3, 0.4) is 0 Å². The standard InChI is InChI=1S/C18H27N3O5/c1-23-11-12-24-14-16(22)21-8-4-18(5-9-21)13-15(3-10-25-18)26-17-19-6-2-7-20-17/h2,6-7,15H,3-5,8-14H2,1H3. The normalized spacial score (nSPS) is 22.3. The Labute approximate surface area is 153 Å². The van der Waals surface area contributed by atoms with E-state index in [0.717, 1.165) is 25.7 Å². The lowest BCUT2D eigenvalue weighted by molar-refractivity contribution is -0.155. The van der Waals surface area contributed by atoms with Gasteiger partial charge < -0.3 is 23.8 Å². The summed E-state index contributed by atoms with van der Waals surface area (Å²) in [6, 6.07) is 2.18. The van der Waals surface area contributed by atoms with Crippen molar-refractivity contribution >= 4 is 5.91 Å². The molecular weight excluding hydrogens is 338 g/mol. The maximum absolute atomic E-state index is 12.2. The maximum atomic E-state index is 12.2. The molecule has 3 heterocycles.